The van der Waals surface area contributed by atoms with Gasteiger partial charge in [-0.1, -0.05) is 92.1 Å². The number of hydrogen-bond acceptors (Lipinski definition) is 1. The molecule has 0 aliphatic carbocycles. The normalized spacial score (nSPS) is 11.2. The van der Waals surface area contributed by atoms with Gasteiger partial charge in [0, 0.05) is 6.21 Å². The Morgan fingerprint density at radius 1 is 0.692 bits per heavy atom. The van der Waals surface area contributed by atoms with Gasteiger partial charge in [0.05, 0.1) is 5.69 Å². The topological polar surface area (TPSA) is 12.4 Å². The number of para-hydroxylation sites is 1. The zero-order chi connectivity index (χ0) is 17.5. The summed E-state index contributed by atoms with van der Waals surface area (Å²) < 4.78 is 0. The third-order valence-corrected chi connectivity index (χ3v) is 6.21. The van der Waals surface area contributed by atoms with Crippen LogP contribution in [0, 0.1) is 13.8 Å². The number of aliphatic imine (C=N–C) groups is 1. The van der Waals surface area contributed by atoms with Crippen LogP contribution in [0.25, 0.3) is 0 Å². The second-order valence-electron chi connectivity index (χ2n) is 5.90. The number of aryl methyl sites for hydroxylation is 2. The third-order valence-electron chi connectivity index (χ3n) is 4.03. The van der Waals surface area contributed by atoms with E-state index in [4.69, 9.17) is 0 Å². The first-order valence-electron chi connectivity index (χ1n) is 8.42. The minimum Gasteiger partial charge on any atom is -0.256 e. The highest BCUT2D eigenvalue weighted by Gasteiger charge is 2.09. The highest BCUT2D eigenvalue weighted by Crippen LogP contribution is 2.34. The van der Waals surface area contributed by atoms with Crippen molar-refractivity contribution in [2.75, 3.05) is 0 Å². The van der Waals surface area contributed by atoms with E-state index in [0.29, 0.717) is 0 Å². The first-order valence-corrected chi connectivity index (χ1v) is 9.83. The molecule has 0 bridgehead atoms. The summed E-state index contributed by atoms with van der Waals surface area (Å²) in [6, 6.07) is 27.6. The van der Waals surface area contributed by atoms with Crippen LogP contribution < -0.4 is 10.6 Å². The van der Waals surface area contributed by atoms with Gasteiger partial charge < -0.3 is 0 Å². The lowest BCUT2D eigenvalue weighted by Gasteiger charge is -2.13. The Hall–Kier alpha value is -2.50. The highest BCUT2D eigenvalue weighted by atomic mass is 31.1. The van der Waals surface area contributed by atoms with E-state index >= 15 is 0 Å². The van der Waals surface area contributed by atoms with Gasteiger partial charge in [-0.3, -0.25) is 4.99 Å². The Labute approximate surface area is 158 Å². The maximum Gasteiger partial charge on any atom is 0.0687 e. The van der Waals surface area contributed by atoms with Gasteiger partial charge in [-0.05, 0) is 49.6 Å². The fourth-order valence-corrected chi connectivity index (χ4v) is 4.63. The molecule has 1 nitrogen and oxygen atoms in total. The first kappa shape index (κ1) is 19.8. The molecule has 3 aromatic rings. The molecule has 0 unspecified atom stereocenters. The van der Waals surface area contributed by atoms with Gasteiger partial charge in [0.2, 0.25) is 0 Å². The second-order valence-corrected chi connectivity index (χ2v) is 7.97. The van der Waals surface area contributed by atoms with Crippen molar-refractivity contribution in [2.45, 2.75) is 21.3 Å². The van der Waals surface area contributed by atoms with Crippen LogP contribution in [0.1, 0.15) is 18.6 Å². The molecule has 132 valence electrons. The molecule has 0 N–H and O–H groups in total. The zero-order valence-electron chi connectivity index (χ0n) is 14.6. The summed E-state index contributed by atoms with van der Waals surface area (Å²) in [7, 11) is -0.519. The molecular formula is C24H26NP. The molecule has 2 heteroatoms. The van der Waals surface area contributed by atoms with E-state index in [-0.39, 0.29) is 7.43 Å². The van der Waals surface area contributed by atoms with Crippen molar-refractivity contribution in [1.29, 1.82) is 0 Å². The van der Waals surface area contributed by atoms with E-state index in [1.165, 1.54) is 21.7 Å². The van der Waals surface area contributed by atoms with Crippen LogP contribution in [0.3, 0.4) is 0 Å². The van der Waals surface area contributed by atoms with Crippen molar-refractivity contribution in [2.24, 2.45) is 4.99 Å². The predicted octanol–water partition coefficient (Wildman–Crippen LogP) is 6.29. The van der Waals surface area contributed by atoms with Crippen molar-refractivity contribution < 1.29 is 0 Å². The quantitative estimate of drug-likeness (QED) is 0.375. The minimum absolute atomic E-state index is 0. The van der Waals surface area contributed by atoms with Crippen LogP contribution in [0.4, 0.5) is 5.69 Å². The van der Waals surface area contributed by atoms with Gasteiger partial charge in [0.1, 0.15) is 0 Å². The molecule has 3 aromatic carbocycles. The largest absolute Gasteiger partial charge is 0.256 e. The maximum atomic E-state index is 4.66. The molecule has 3 rings (SSSR count). The lowest BCUT2D eigenvalue weighted by atomic mass is 10.1. The Bertz CT molecular complexity index is 807. The summed E-state index contributed by atoms with van der Waals surface area (Å²) in [4.78, 5) is 4.66. The molecule has 0 aromatic heterocycles. The molecule has 0 spiro atoms. The summed E-state index contributed by atoms with van der Waals surface area (Å²) >= 11 is 0. The predicted molar refractivity (Wildman–Crippen MR) is 119 cm³/mol. The number of benzene rings is 3. The number of allylic oxidation sites excluding steroid dienone is 1. The van der Waals surface area contributed by atoms with Crippen LogP contribution in [0.2, 0.25) is 0 Å². The summed E-state index contributed by atoms with van der Waals surface area (Å²) in [5, 5.41) is 2.70. The summed E-state index contributed by atoms with van der Waals surface area (Å²) in [5.74, 6) is 2.27. The molecule has 26 heavy (non-hydrogen) atoms. The van der Waals surface area contributed by atoms with Crippen molar-refractivity contribution in [3.63, 3.8) is 0 Å². The van der Waals surface area contributed by atoms with Crippen molar-refractivity contribution in [3.8, 4) is 0 Å². The van der Waals surface area contributed by atoms with E-state index in [9.17, 15) is 0 Å². The second kappa shape index (κ2) is 9.85. The van der Waals surface area contributed by atoms with Crippen molar-refractivity contribution >= 4 is 30.4 Å². The van der Waals surface area contributed by atoms with Crippen LogP contribution >= 0.6 is 7.92 Å². The van der Waals surface area contributed by atoms with Gasteiger partial charge in [-0.15, -0.1) is 0 Å². The van der Waals surface area contributed by atoms with Gasteiger partial charge >= 0.3 is 0 Å². The number of nitrogens with zero attached hydrogens (tertiary/aromatic N) is 1. The van der Waals surface area contributed by atoms with Gasteiger partial charge in [0.25, 0.3) is 0 Å². The van der Waals surface area contributed by atoms with Crippen molar-refractivity contribution in [3.05, 3.63) is 102 Å². The average molecular weight is 359 g/mol. The monoisotopic (exact) mass is 359 g/mol. The Morgan fingerprint density at radius 2 is 1.19 bits per heavy atom. The molecule has 0 aliphatic rings. The highest BCUT2D eigenvalue weighted by molar-refractivity contribution is 7.75. The summed E-state index contributed by atoms with van der Waals surface area (Å²) in [6.45, 7) is 4.20. The Morgan fingerprint density at radius 3 is 1.69 bits per heavy atom. The summed E-state index contributed by atoms with van der Waals surface area (Å²) in [6.07, 6.45) is 3.99. The zero-order valence-corrected chi connectivity index (χ0v) is 15.5. The molecule has 0 aliphatic heterocycles. The fourth-order valence-electron chi connectivity index (χ4n) is 2.75. The lowest BCUT2D eigenvalue weighted by molar-refractivity contribution is 1.33. The number of rotatable bonds is 5. The van der Waals surface area contributed by atoms with Crippen LogP contribution in [0.5, 0.6) is 0 Å². The van der Waals surface area contributed by atoms with E-state index < -0.39 is 7.92 Å². The smallest absolute Gasteiger partial charge is 0.0687 e. The summed E-state index contributed by atoms with van der Waals surface area (Å²) in [5.41, 5.74) is 3.48. The van der Waals surface area contributed by atoms with Crippen LogP contribution in [-0.2, 0) is 0 Å². The Kier molecular flexibility index (Phi) is 7.51. The molecule has 0 fully saturated rings. The average Bonchev–Trinajstić information content (AvgIpc) is 2.65. The standard InChI is InChI=1S/C23H22NP.CH4/c1-19-11-9-12-20(2)23(19)24-17-10-18-25(21-13-5-3-6-14-21)22-15-7-4-8-16-22;/h3-18H,1-2H3;1H4/b18-10-,24-17?;. The van der Waals surface area contributed by atoms with Gasteiger partial charge in [-0.25, -0.2) is 0 Å². The van der Waals surface area contributed by atoms with Crippen molar-refractivity contribution in [1.82, 2.24) is 0 Å². The minimum atomic E-state index is -0.519. The Balaban J connectivity index is 0.00000243. The molecule has 0 saturated carbocycles. The van der Waals surface area contributed by atoms with Gasteiger partial charge in [0.15, 0.2) is 0 Å². The van der Waals surface area contributed by atoms with E-state index in [1.54, 1.807) is 0 Å². The SMILES string of the molecule is C.Cc1cccc(C)c1N=C/C=C\P(c1ccccc1)c1ccccc1. The molecule has 0 saturated heterocycles. The van der Waals surface area contributed by atoms with E-state index in [0.717, 1.165) is 5.69 Å². The van der Waals surface area contributed by atoms with Gasteiger partial charge in [-0.2, -0.15) is 0 Å². The molecule has 0 amide bonds. The van der Waals surface area contributed by atoms with Crippen LogP contribution in [-0.4, -0.2) is 6.21 Å². The molecule has 0 radical (unpaired) electrons. The van der Waals surface area contributed by atoms with E-state index in [1.807, 2.05) is 6.21 Å². The maximum absolute atomic E-state index is 4.66. The van der Waals surface area contributed by atoms with Crippen LogP contribution in [0.15, 0.2) is 95.7 Å². The van der Waals surface area contributed by atoms with E-state index in [2.05, 4.69) is 110 Å². The molecular weight excluding hydrogens is 333 g/mol. The molecule has 0 atom stereocenters. The third kappa shape index (κ3) is 5.00. The lowest BCUT2D eigenvalue weighted by Crippen LogP contribution is -2.09. The molecule has 0 heterocycles. The fraction of sp³-hybridized carbons (Fsp3) is 0.125. The first-order chi connectivity index (χ1) is 12.3. The number of hydrogen-bond donors (Lipinski definition) is 0.